The van der Waals surface area contributed by atoms with Crippen LogP contribution in [0.25, 0.3) is 10.9 Å². The molecular formula is C19H23N5O3S2. The van der Waals surface area contributed by atoms with Gasteiger partial charge < -0.3 is 9.40 Å². The van der Waals surface area contributed by atoms with E-state index in [4.69, 9.17) is 4.84 Å². The summed E-state index contributed by atoms with van der Waals surface area (Å²) >= 11 is 1.43. The quantitative estimate of drug-likeness (QED) is 0.456. The maximum atomic E-state index is 12.3. The second-order valence-electron chi connectivity index (χ2n) is 7.21. The van der Waals surface area contributed by atoms with Gasteiger partial charge in [-0.15, -0.1) is 0 Å². The summed E-state index contributed by atoms with van der Waals surface area (Å²) in [5, 5.41) is 6.93. The van der Waals surface area contributed by atoms with E-state index >= 15 is 0 Å². The van der Waals surface area contributed by atoms with E-state index in [-0.39, 0.29) is 6.04 Å². The van der Waals surface area contributed by atoms with E-state index in [2.05, 4.69) is 31.0 Å². The van der Waals surface area contributed by atoms with Crippen LogP contribution in [0.5, 0.6) is 0 Å². The summed E-state index contributed by atoms with van der Waals surface area (Å²) in [5.41, 5.74) is 5.38. The molecule has 29 heavy (non-hydrogen) atoms. The van der Waals surface area contributed by atoms with E-state index in [0.29, 0.717) is 19.4 Å². The van der Waals surface area contributed by atoms with Crippen LogP contribution in [0, 0.1) is 0 Å². The fourth-order valence-electron chi connectivity index (χ4n) is 3.76. The maximum Gasteiger partial charge on any atom is 0.279 e. The van der Waals surface area contributed by atoms with E-state index in [1.165, 1.54) is 42.6 Å². The molecule has 0 bridgehead atoms. The molecule has 8 nitrogen and oxygen atoms in total. The van der Waals surface area contributed by atoms with Gasteiger partial charge in [0.25, 0.3) is 10.2 Å². The molecule has 0 saturated heterocycles. The van der Waals surface area contributed by atoms with Gasteiger partial charge in [0.1, 0.15) is 7.11 Å². The molecule has 2 aromatic heterocycles. The molecule has 1 aliphatic rings. The van der Waals surface area contributed by atoms with E-state index in [9.17, 15) is 8.42 Å². The second-order valence-corrected chi connectivity index (χ2v) is 9.79. The van der Waals surface area contributed by atoms with Crippen LogP contribution in [0.3, 0.4) is 0 Å². The van der Waals surface area contributed by atoms with Gasteiger partial charge in [-0.05, 0) is 47.3 Å². The zero-order chi connectivity index (χ0) is 20.6. The summed E-state index contributed by atoms with van der Waals surface area (Å²) in [6, 6.07) is 8.01. The van der Waals surface area contributed by atoms with Crippen LogP contribution in [-0.4, -0.2) is 55.1 Å². The van der Waals surface area contributed by atoms with Crippen LogP contribution in [0.2, 0.25) is 0 Å². The Morgan fingerprint density at radius 2 is 2.21 bits per heavy atom. The van der Waals surface area contributed by atoms with E-state index < -0.39 is 10.2 Å². The Hall–Kier alpha value is -2.27. The molecule has 0 radical (unpaired) electrons. The number of nitrogens with zero attached hydrogens (tertiary/aromatic N) is 4. The lowest BCUT2D eigenvalue weighted by atomic mass is 10.1. The number of fused-ring (bicyclic) bond motifs is 3. The summed E-state index contributed by atoms with van der Waals surface area (Å²) < 4.78 is 35.3. The monoisotopic (exact) mass is 433 g/mol. The topological polar surface area (TPSA) is 88.8 Å². The average Bonchev–Trinajstić information content (AvgIpc) is 3.38. The van der Waals surface area contributed by atoms with Gasteiger partial charge in [-0.1, -0.05) is 11.2 Å². The van der Waals surface area contributed by atoms with Gasteiger partial charge in [-0.2, -0.15) is 21.8 Å². The van der Waals surface area contributed by atoms with Crippen molar-refractivity contribution in [2.24, 2.45) is 5.16 Å². The number of aromatic nitrogens is 2. The lowest BCUT2D eigenvalue weighted by Gasteiger charge is -2.18. The molecule has 0 unspecified atom stereocenters. The predicted molar refractivity (Wildman–Crippen MR) is 115 cm³/mol. The molecule has 0 aliphatic heterocycles. The molecule has 0 amide bonds. The molecule has 0 fully saturated rings. The summed E-state index contributed by atoms with van der Waals surface area (Å²) in [7, 11) is 1.09. The lowest BCUT2D eigenvalue weighted by Crippen LogP contribution is -2.42. The highest BCUT2D eigenvalue weighted by Crippen LogP contribution is 2.34. The number of oxime groups is 1. The molecule has 3 aromatic rings. The first-order valence-electron chi connectivity index (χ1n) is 9.18. The Morgan fingerprint density at radius 3 is 2.90 bits per heavy atom. The van der Waals surface area contributed by atoms with Crippen molar-refractivity contribution in [2.75, 3.05) is 21.2 Å². The van der Waals surface area contributed by atoms with Gasteiger partial charge in [0.15, 0.2) is 0 Å². The fraction of sp³-hybridized carbons (Fsp3) is 0.368. The minimum atomic E-state index is -3.49. The Balaban J connectivity index is 1.75. The second kappa shape index (κ2) is 7.86. The minimum Gasteiger partial charge on any atom is -0.399 e. The van der Waals surface area contributed by atoms with Gasteiger partial charge in [-0.3, -0.25) is 0 Å². The van der Waals surface area contributed by atoms with Crippen molar-refractivity contribution >= 4 is 38.9 Å². The summed E-state index contributed by atoms with van der Waals surface area (Å²) in [6.45, 7) is 0.661. The molecule has 2 heterocycles. The normalized spacial score (nSPS) is 16.9. The van der Waals surface area contributed by atoms with Crippen LogP contribution in [0.4, 0.5) is 0 Å². The SMILES string of the molecule is CON=Cc1ccc2c(c1)c1c(n2Cc2ccsn2)C[C@H](NS(=O)(=O)N(C)C)C1. The Bertz CT molecular complexity index is 1150. The van der Waals surface area contributed by atoms with Crippen LogP contribution in [0.1, 0.15) is 22.5 Å². The van der Waals surface area contributed by atoms with Crippen molar-refractivity contribution in [3.05, 3.63) is 52.2 Å². The van der Waals surface area contributed by atoms with Gasteiger partial charge in [-0.25, -0.2) is 0 Å². The molecule has 1 atom stereocenters. The Morgan fingerprint density at radius 1 is 1.38 bits per heavy atom. The Labute approximate surface area is 174 Å². The smallest absolute Gasteiger partial charge is 0.279 e. The standard InChI is InChI=1S/C19H23N5O3S2/c1-23(2)29(25,26)22-15-9-17-16-8-13(11-20-27-3)4-5-18(16)24(19(17)10-15)12-14-6-7-28-21-14/h4-8,11,15,22H,9-10,12H2,1-3H3/t15-/m1/s1. The number of hydrogen-bond donors (Lipinski definition) is 1. The number of nitrogens with one attached hydrogen (secondary N) is 1. The molecule has 0 spiro atoms. The van der Waals surface area contributed by atoms with Crippen molar-refractivity contribution in [1.82, 2.24) is 18.0 Å². The van der Waals surface area contributed by atoms with Gasteiger partial charge in [0.2, 0.25) is 0 Å². The van der Waals surface area contributed by atoms with Gasteiger partial charge in [0, 0.05) is 48.5 Å². The highest BCUT2D eigenvalue weighted by Gasteiger charge is 2.31. The van der Waals surface area contributed by atoms with Gasteiger partial charge in [0.05, 0.1) is 18.5 Å². The number of rotatable bonds is 7. The molecule has 10 heteroatoms. The van der Waals surface area contributed by atoms with Crippen molar-refractivity contribution < 1.29 is 13.3 Å². The van der Waals surface area contributed by atoms with Crippen molar-refractivity contribution in [1.29, 1.82) is 0 Å². The van der Waals surface area contributed by atoms with Gasteiger partial charge >= 0.3 is 0 Å². The highest BCUT2D eigenvalue weighted by atomic mass is 32.2. The molecule has 1 N–H and O–H groups in total. The van der Waals surface area contributed by atoms with E-state index in [1.807, 2.05) is 17.5 Å². The number of benzene rings is 1. The van der Waals surface area contributed by atoms with Crippen LogP contribution >= 0.6 is 11.5 Å². The summed E-state index contributed by atoms with van der Waals surface area (Å²) in [5.74, 6) is 0. The zero-order valence-corrected chi connectivity index (χ0v) is 18.1. The van der Waals surface area contributed by atoms with Crippen molar-refractivity contribution in [3.8, 4) is 0 Å². The van der Waals surface area contributed by atoms with Crippen molar-refractivity contribution in [2.45, 2.75) is 25.4 Å². The van der Waals surface area contributed by atoms with Crippen LogP contribution < -0.4 is 4.72 Å². The molecule has 4 rings (SSSR count). The zero-order valence-electron chi connectivity index (χ0n) is 16.5. The summed E-state index contributed by atoms with van der Waals surface area (Å²) in [6.07, 6.45) is 2.96. The van der Waals surface area contributed by atoms with Crippen LogP contribution in [0.15, 0.2) is 34.8 Å². The molecule has 1 aliphatic carbocycles. The first-order valence-corrected chi connectivity index (χ1v) is 11.5. The molecular weight excluding hydrogens is 410 g/mol. The van der Waals surface area contributed by atoms with Crippen molar-refractivity contribution in [3.63, 3.8) is 0 Å². The molecule has 0 saturated carbocycles. The van der Waals surface area contributed by atoms with E-state index in [0.717, 1.165) is 27.9 Å². The minimum absolute atomic E-state index is 0.171. The predicted octanol–water partition coefficient (Wildman–Crippen LogP) is 1.99. The third-order valence-electron chi connectivity index (χ3n) is 5.12. The number of hydrogen-bond acceptors (Lipinski definition) is 6. The first-order chi connectivity index (χ1) is 13.9. The van der Waals surface area contributed by atoms with E-state index in [1.54, 1.807) is 6.21 Å². The summed E-state index contributed by atoms with van der Waals surface area (Å²) in [4.78, 5) is 4.80. The van der Waals surface area contributed by atoms with Crippen LogP contribution in [-0.2, 0) is 34.4 Å². The fourth-order valence-corrected chi connectivity index (χ4v) is 5.09. The molecule has 154 valence electrons. The maximum absolute atomic E-state index is 12.3. The average molecular weight is 434 g/mol. The lowest BCUT2D eigenvalue weighted by molar-refractivity contribution is 0.215. The largest absolute Gasteiger partial charge is 0.399 e. The highest BCUT2D eigenvalue weighted by molar-refractivity contribution is 7.87. The first kappa shape index (κ1) is 20.0. The molecule has 1 aromatic carbocycles. The third-order valence-corrected chi connectivity index (χ3v) is 7.31. The third kappa shape index (κ3) is 3.93. The Kier molecular flexibility index (Phi) is 5.43.